The monoisotopic (exact) mass is 408 g/mol. The summed E-state index contributed by atoms with van der Waals surface area (Å²) >= 11 is 0. The molecule has 7 heteroatoms. The Balaban J connectivity index is 1.49. The number of aryl methyl sites for hydroxylation is 1. The zero-order chi connectivity index (χ0) is 21.1. The number of hydrogen-bond acceptors (Lipinski definition) is 5. The molecule has 4 rings (SSSR count). The number of amides is 1. The molecule has 30 heavy (non-hydrogen) atoms. The van der Waals surface area contributed by atoms with Gasteiger partial charge in [0.05, 0.1) is 17.2 Å². The predicted molar refractivity (Wildman–Crippen MR) is 111 cm³/mol. The summed E-state index contributed by atoms with van der Waals surface area (Å²) < 4.78 is 25.6. The zero-order valence-corrected chi connectivity index (χ0v) is 16.5. The molecule has 0 spiro atoms. The Morgan fingerprint density at radius 1 is 1.33 bits per heavy atom. The highest BCUT2D eigenvalue weighted by Crippen LogP contribution is 2.26. The fourth-order valence-electron chi connectivity index (χ4n) is 3.49. The molecule has 0 bridgehead atoms. The number of ether oxygens (including phenoxy) is 2. The number of carbonyl (C=O) groups excluding carboxylic acids is 2. The number of hydrogen-bond donors (Lipinski definition) is 1. The summed E-state index contributed by atoms with van der Waals surface area (Å²) in [6.07, 6.45) is 4.17. The van der Waals surface area contributed by atoms with Gasteiger partial charge in [0.2, 0.25) is 0 Å². The van der Waals surface area contributed by atoms with E-state index < -0.39 is 11.7 Å². The molecule has 1 amide bonds. The quantitative estimate of drug-likeness (QED) is 0.615. The number of nitrogens with one attached hydrogen (secondary N) is 1. The van der Waals surface area contributed by atoms with Crippen molar-refractivity contribution in [3.05, 3.63) is 65.1 Å². The lowest BCUT2D eigenvalue weighted by molar-refractivity contribution is 0.0678. The van der Waals surface area contributed by atoms with Crippen molar-refractivity contribution in [2.45, 2.75) is 25.9 Å². The second kappa shape index (κ2) is 8.59. The van der Waals surface area contributed by atoms with Gasteiger partial charge in [0.25, 0.3) is 5.91 Å². The number of fused-ring (bicyclic) bond motifs is 1. The second-order valence-corrected chi connectivity index (χ2v) is 7.24. The largest absolute Gasteiger partial charge is 0.491 e. The van der Waals surface area contributed by atoms with E-state index in [9.17, 15) is 14.0 Å². The first-order valence-electron chi connectivity index (χ1n) is 9.75. The van der Waals surface area contributed by atoms with Gasteiger partial charge in [-0.2, -0.15) is 0 Å². The van der Waals surface area contributed by atoms with E-state index in [0.717, 1.165) is 36.7 Å². The van der Waals surface area contributed by atoms with Crippen LogP contribution in [0.3, 0.4) is 0 Å². The van der Waals surface area contributed by atoms with E-state index in [1.807, 2.05) is 6.92 Å². The van der Waals surface area contributed by atoms with Crippen LogP contribution in [0.1, 0.15) is 39.1 Å². The maximum absolute atomic E-state index is 14.5. The van der Waals surface area contributed by atoms with Crippen LogP contribution in [-0.4, -0.2) is 36.5 Å². The molecular weight excluding hydrogens is 387 g/mol. The molecular formula is C23H21FN2O4. The van der Waals surface area contributed by atoms with Gasteiger partial charge in [0.15, 0.2) is 6.29 Å². The summed E-state index contributed by atoms with van der Waals surface area (Å²) in [6.45, 7) is 2.90. The van der Waals surface area contributed by atoms with Crippen LogP contribution < -0.4 is 10.1 Å². The third kappa shape index (κ3) is 4.16. The first-order valence-corrected chi connectivity index (χ1v) is 9.75. The molecule has 0 aliphatic carbocycles. The SMILES string of the molecule is Cc1c(NC(=O)c2ccc(OC[C@@H]3CCCO3)cc2F)ccc2cc(C=O)cnc12. The Morgan fingerprint density at radius 3 is 2.93 bits per heavy atom. The van der Waals surface area contributed by atoms with Crippen LogP contribution in [0.5, 0.6) is 5.75 Å². The van der Waals surface area contributed by atoms with Crippen molar-refractivity contribution in [2.24, 2.45) is 0 Å². The lowest BCUT2D eigenvalue weighted by atomic mass is 10.1. The molecule has 1 saturated heterocycles. The number of benzene rings is 2. The van der Waals surface area contributed by atoms with Gasteiger partial charge in [0, 0.05) is 35.5 Å². The predicted octanol–water partition coefficient (Wildman–Crippen LogP) is 4.30. The van der Waals surface area contributed by atoms with Crippen LogP contribution >= 0.6 is 0 Å². The minimum absolute atomic E-state index is 0.0307. The van der Waals surface area contributed by atoms with Gasteiger partial charge in [-0.25, -0.2) is 4.39 Å². The summed E-state index contributed by atoms with van der Waals surface area (Å²) in [4.78, 5) is 27.8. The van der Waals surface area contributed by atoms with Crippen LogP contribution in [0.2, 0.25) is 0 Å². The summed E-state index contributed by atoms with van der Waals surface area (Å²) in [5.74, 6) is -0.869. The normalized spacial score (nSPS) is 15.9. The smallest absolute Gasteiger partial charge is 0.258 e. The Kier molecular flexibility index (Phi) is 5.72. The van der Waals surface area contributed by atoms with E-state index in [-0.39, 0.29) is 11.7 Å². The minimum atomic E-state index is -0.662. The van der Waals surface area contributed by atoms with Crippen LogP contribution in [0.4, 0.5) is 10.1 Å². The number of anilines is 1. The van der Waals surface area contributed by atoms with Crippen molar-refractivity contribution in [3.63, 3.8) is 0 Å². The maximum Gasteiger partial charge on any atom is 0.258 e. The van der Waals surface area contributed by atoms with Crippen molar-refractivity contribution >= 4 is 28.8 Å². The van der Waals surface area contributed by atoms with Crippen LogP contribution in [0.25, 0.3) is 10.9 Å². The van der Waals surface area contributed by atoms with Crippen molar-refractivity contribution in [2.75, 3.05) is 18.5 Å². The molecule has 1 atom stereocenters. The molecule has 2 heterocycles. The molecule has 1 N–H and O–H groups in total. The molecule has 2 aromatic carbocycles. The van der Waals surface area contributed by atoms with Crippen molar-refractivity contribution in [1.29, 1.82) is 0 Å². The molecule has 0 unspecified atom stereocenters. The van der Waals surface area contributed by atoms with Gasteiger partial charge in [-0.15, -0.1) is 0 Å². The summed E-state index contributed by atoms with van der Waals surface area (Å²) in [5.41, 5.74) is 2.31. The fraction of sp³-hybridized carbons (Fsp3) is 0.261. The highest BCUT2D eigenvalue weighted by molar-refractivity contribution is 6.06. The summed E-state index contributed by atoms with van der Waals surface area (Å²) in [6, 6.07) is 9.38. The van der Waals surface area contributed by atoms with Gasteiger partial charge in [-0.1, -0.05) is 6.07 Å². The van der Waals surface area contributed by atoms with E-state index in [4.69, 9.17) is 9.47 Å². The van der Waals surface area contributed by atoms with E-state index >= 15 is 0 Å². The number of halogens is 1. The first-order chi connectivity index (χ1) is 14.5. The van der Waals surface area contributed by atoms with Crippen molar-refractivity contribution in [3.8, 4) is 5.75 Å². The topological polar surface area (TPSA) is 77.5 Å². The lowest BCUT2D eigenvalue weighted by Gasteiger charge is -2.13. The zero-order valence-electron chi connectivity index (χ0n) is 16.5. The van der Waals surface area contributed by atoms with E-state index in [1.165, 1.54) is 18.3 Å². The fourth-order valence-corrected chi connectivity index (χ4v) is 3.49. The Morgan fingerprint density at radius 2 is 2.20 bits per heavy atom. The average Bonchev–Trinajstić information content (AvgIpc) is 3.27. The molecule has 0 saturated carbocycles. The molecule has 1 aliphatic heterocycles. The number of rotatable bonds is 6. The average molecular weight is 408 g/mol. The third-order valence-corrected chi connectivity index (χ3v) is 5.16. The van der Waals surface area contributed by atoms with Gasteiger partial charge < -0.3 is 14.8 Å². The number of pyridine rings is 1. The van der Waals surface area contributed by atoms with Crippen LogP contribution in [0.15, 0.2) is 42.6 Å². The van der Waals surface area contributed by atoms with Crippen molar-refractivity contribution in [1.82, 2.24) is 4.98 Å². The minimum Gasteiger partial charge on any atom is -0.491 e. The van der Waals surface area contributed by atoms with Gasteiger partial charge in [0.1, 0.15) is 18.2 Å². The Bertz CT molecular complexity index is 1110. The van der Waals surface area contributed by atoms with Crippen molar-refractivity contribution < 1.29 is 23.5 Å². The van der Waals surface area contributed by atoms with E-state index in [2.05, 4.69) is 10.3 Å². The second-order valence-electron chi connectivity index (χ2n) is 7.24. The van der Waals surface area contributed by atoms with Gasteiger partial charge in [-0.05, 0) is 49.6 Å². The van der Waals surface area contributed by atoms with Crippen LogP contribution in [-0.2, 0) is 4.74 Å². The molecule has 1 aromatic heterocycles. The Labute approximate surface area is 173 Å². The molecule has 1 aliphatic rings. The standard InChI is InChI=1S/C23H21FN2O4/c1-14-21(7-4-16-9-15(12-27)11-25-22(14)16)26-23(28)19-6-5-17(10-20(19)24)30-13-18-3-2-8-29-18/h4-7,9-12,18H,2-3,8,13H2,1H3,(H,26,28)/t18-/m0/s1. The highest BCUT2D eigenvalue weighted by atomic mass is 19.1. The third-order valence-electron chi connectivity index (χ3n) is 5.16. The van der Waals surface area contributed by atoms with Crippen LogP contribution in [0, 0.1) is 12.7 Å². The summed E-state index contributed by atoms with van der Waals surface area (Å²) in [5, 5.41) is 3.52. The van der Waals surface area contributed by atoms with E-state index in [0.29, 0.717) is 29.1 Å². The lowest BCUT2D eigenvalue weighted by Crippen LogP contribution is -2.17. The molecule has 6 nitrogen and oxygen atoms in total. The maximum atomic E-state index is 14.5. The number of aldehydes is 1. The highest BCUT2D eigenvalue weighted by Gasteiger charge is 2.18. The first kappa shape index (κ1) is 20.0. The molecule has 0 radical (unpaired) electrons. The van der Waals surface area contributed by atoms with E-state index in [1.54, 1.807) is 24.3 Å². The summed E-state index contributed by atoms with van der Waals surface area (Å²) in [7, 11) is 0. The molecule has 1 fully saturated rings. The molecule has 3 aromatic rings. The molecule has 154 valence electrons. The number of nitrogens with zero attached hydrogens (tertiary/aromatic N) is 1. The Hall–Kier alpha value is -3.32. The number of aromatic nitrogens is 1. The van der Waals surface area contributed by atoms with Gasteiger partial charge >= 0.3 is 0 Å². The van der Waals surface area contributed by atoms with Gasteiger partial charge in [-0.3, -0.25) is 14.6 Å². The number of carbonyl (C=O) groups is 2.